The van der Waals surface area contributed by atoms with Gasteiger partial charge in [0.05, 0.1) is 5.69 Å². The minimum atomic E-state index is -0.435. The monoisotopic (exact) mass is 333 g/mol. The second kappa shape index (κ2) is 5.96. The molecule has 0 aromatic heterocycles. The summed E-state index contributed by atoms with van der Waals surface area (Å²) in [6.45, 7) is 0.722. The van der Waals surface area contributed by atoms with E-state index in [0.29, 0.717) is 5.56 Å². The highest BCUT2D eigenvalue weighted by molar-refractivity contribution is 9.10. The smallest absolute Gasteiger partial charge is 0.248 e. The van der Waals surface area contributed by atoms with Crippen LogP contribution in [0.4, 0.5) is 11.4 Å². The Morgan fingerprint density at radius 2 is 2.00 bits per heavy atom. The maximum absolute atomic E-state index is 11.1. The Bertz CT molecular complexity index is 643. The van der Waals surface area contributed by atoms with Crippen LogP contribution in [0.1, 0.15) is 15.9 Å². The maximum Gasteiger partial charge on any atom is 0.248 e. The number of halogens is 1. The molecule has 20 heavy (non-hydrogen) atoms. The van der Waals surface area contributed by atoms with Crippen molar-refractivity contribution in [1.29, 1.82) is 0 Å². The maximum atomic E-state index is 11.1. The van der Waals surface area contributed by atoms with Crippen molar-refractivity contribution in [2.75, 3.05) is 17.7 Å². The number of amides is 1. The van der Waals surface area contributed by atoms with E-state index in [0.717, 1.165) is 28.0 Å². The van der Waals surface area contributed by atoms with Gasteiger partial charge >= 0.3 is 0 Å². The number of primary amides is 1. The minimum Gasteiger partial charge on any atom is -0.399 e. The van der Waals surface area contributed by atoms with Crippen LogP contribution in [0.3, 0.4) is 0 Å². The van der Waals surface area contributed by atoms with Gasteiger partial charge in [-0.15, -0.1) is 0 Å². The highest BCUT2D eigenvalue weighted by Gasteiger charge is 2.09. The number of benzene rings is 2. The second-order valence-electron chi connectivity index (χ2n) is 4.63. The van der Waals surface area contributed by atoms with Crippen molar-refractivity contribution in [3.63, 3.8) is 0 Å². The molecule has 4 N–H and O–H groups in total. The van der Waals surface area contributed by atoms with E-state index in [1.165, 1.54) is 0 Å². The predicted molar refractivity (Wildman–Crippen MR) is 85.6 cm³/mol. The van der Waals surface area contributed by atoms with Crippen molar-refractivity contribution in [3.05, 3.63) is 58.1 Å². The van der Waals surface area contributed by atoms with Crippen molar-refractivity contribution in [2.45, 2.75) is 6.54 Å². The summed E-state index contributed by atoms with van der Waals surface area (Å²) in [5.74, 6) is -0.435. The number of nitrogen functional groups attached to an aromatic ring is 1. The van der Waals surface area contributed by atoms with Crippen LogP contribution < -0.4 is 16.4 Å². The molecule has 0 atom stereocenters. The zero-order chi connectivity index (χ0) is 14.7. The Morgan fingerprint density at radius 3 is 2.60 bits per heavy atom. The SMILES string of the molecule is CN(Cc1cccc(N)c1)c1ccc(C(N)=O)cc1Br. The number of nitrogens with zero attached hydrogens (tertiary/aromatic N) is 1. The molecule has 0 unspecified atom stereocenters. The molecule has 0 spiro atoms. The van der Waals surface area contributed by atoms with E-state index in [1.807, 2.05) is 37.4 Å². The van der Waals surface area contributed by atoms with Gasteiger partial charge in [-0.2, -0.15) is 0 Å². The largest absolute Gasteiger partial charge is 0.399 e. The average molecular weight is 334 g/mol. The molecule has 4 nitrogen and oxygen atoms in total. The standard InChI is InChI=1S/C15H16BrN3O/c1-19(9-10-3-2-4-12(17)7-10)14-6-5-11(15(18)20)8-13(14)16/h2-8H,9,17H2,1H3,(H2,18,20). The Morgan fingerprint density at radius 1 is 1.25 bits per heavy atom. The van der Waals surface area contributed by atoms with Gasteiger partial charge < -0.3 is 16.4 Å². The number of anilines is 2. The highest BCUT2D eigenvalue weighted by Crippen LogP contribution is 2.27. The first kappa shape index (κ1) is 14.4. The van der Waals surface area contributed by atoms with Gasteiger partial charge in [-0.25, -0.2) is 0 Å². The lowest BCUT2D eigenvalue weighted by molar-refractivity contribution is 0.100. The second-order valence-corrected chi connectivity index (χ2v) is 5.49. The molecule has 0 heterocycles. The Kier molecular flexibility index (Phi) is 4.29. The summed E-state index contributed by atoms with van der Waals surface area (Å²) in [5, 5.41) is 0. The number of nitrogens with two attached hydrogens (primary N) is 2. The van der Waals surface area contributed by atoms with Crippen LogP contribution in [-0.2, 0) is 6.54 Å². The molecule has 0 aliphatic carbocycles. The molecule has 2 aromatic rings. The third kappa shape index (κ3) is 3.30. The van der Waals surface area contributed by atoms with Crippen LogP contribution in [0.15, 0.2) is 46.9 Å². The molecule has 104 valence electrons. The Hall–Kier alpha value is -2.01. The van der Waals surface area contributed by atoms with E-state index in [4.69, 9.17) is 11.5 Å². The summed E-state index contributed by atoms with van der Waals surface area (Å²) < 4.78 is 0.834. The fourth-order valence-corrected chi connectivity index (χ4v) is 2.70. The third-order valence-corrected chi connectivity index (χ3v) is 3.65. The van der Waals surface area contributed by atoms with Crippen LogP contribution in [0.5, 0.6) is 0 Å². The van der Waals surface area contributed by atoms with Gasteiger partial charge in [-0.3, -0.25) is 4.79 Å². The summed E-state index contributed by atoms with van der Waals surface area (Å²) in [5.41, 5.74) is 14.4. The number of carbonyl (C=O) groups excluding carboxylic acids is 1. The first-order chi connectivity index (χ1) is 9.47. The van der Waals surface area contributed by atoms with Gasteiger partial charge in [-0.05, 0) is 51.8 Å². The molecule has 1 amide bonds. The van der Waals surface area contributed by atoms with E-state index in [2.05, 4.69) is 20.8 Å². The molecule has 0 fully saturated rings. The lowest BCUT2D eigenvalue weighted by Crippen LogP contribution is -2.18. The number of carbonyl (C=O) groups is 1. The first-order valence-corrected chi connectivity index (χ1v) is 6.91. The predicted octanol–water partition coefficient (Wildman–Crippen LogP) is 2.77. The molecule has 0 bridgehead atoms. The van der Waals surface area contributed by atoms with E-state index in [1.54, 1.807) is 12.1 Å². The fourth-order valence-electron chi connectivity index (χ4n) is 2.02. The van der Waals surface area contributed by atoms with Crippen molar-refractivity contribution < 1.29 is 4.79 Å². The molecule has 2 rings (SSSR count). The topological polar surface area (TPSA) is 72.3 Å². The minimum absolute atomic E-state index is 0.435. The summed E-state index contributed by atoms with van der Waals surface area (Å²) in [6, 6.07) is 13.1. The van der Waals surface area contributed by atoms with Crippen LogP contribution in [0.2, 0.25) is 0 Å². The van der Waals surface area contributed by atoms with Gasteiger partial charge in [0, 0.05) is 29.3 Å². The molecule has 0 radical (unpaired) electrons. The molecule has 0 saturated carbocycles. The first-order valence-electron chi connectivity index (χ1n) is 6.12. The number of hydrogen-bond donors (Lipinski definition) is 2. The zero-order valence-corrected chi connectivity index (χ0v) is 12.7. The van der Waals surface area contributed by atoms with Crippen LogP contribution in [-0.4, -0.2) is 13.0 Å². The zero-order valence-electron chi connectivity index (χ0n) is 11.1. The van der Waals surface area contributed by atoms with Gasteiger partial charge in [-0.1, -0.05) is 12.1 Å². The lowest BCUT2D eigenvalue weighted by Gasteiger charge is -2.21. The summed E-state index contributed by atoms with van der Waals surface area (Å²) in [6.07, 6.45) is 0. The van der Waals surface area contributed by atoms with Crippen LogP contribution in [0.25, 0.3) is 0 Å². The lowest BCUT2D eigenvalue weighted by atomic mass is 10.1. The van der Waals surface area contributed by atoms with Gasteiger partial charge in [0.1, 0.15) is 0 Å². The Balaban J connectivity index is 2.21. The van der Waals surface area contributed by atoms with E-state index in [9.17, 15) is 4.79 Å². The molecule has 2 aromatic carbocycles. The van der Waals surface area contributed by atoms with Crippen molar-refractivity contribution >= 4 is 33.2 Å². The molecular formula is C15H16BrN3O. The van der Waals surface area contributed by atoms with Crippen molar-refractivity contribution in [1.82, 2.24) is 0 Å². The van der Waals surface area contributed by atoms with Crippen LogP contribution >= 0.6 is 15.9 Å². The van der Waals surface area contributed by atoms with Gasteiger partial charge in [0.2, 0.25) is 5.91 Å². The summed E-state index contributed by atoms with van der Waals surface area (Å²) in [4.78, 5) is 13.2. The van der Waals surface area contributed by atoms with E-state index < -0.39 is 5.91 Å². The normalized spacial score (nSPS) is 10.3. The summed E-state index contributed by atoms with van der Waals surface area (Å²) >= 11 is 3.47. The highest BCUT2D eigenvalue weighted by atomic mass is 79.9. The number of rotatable bonds is 4. The molecule has 0 aliphatic heterocycles. The third-order valence-electron chi connectivity index (χ3n) is 3.01. The van der Waals surface area contributed by atoms with Crippen molar-refractivity contribution in [3.8, 4) is 0 Å². The van der Waals surface area contributed by atoms with Crippen LogP contribution in [0, 0.1) is 0 Å². The fraction of sp³-hybridized carbons (Fsp3) is 0.133. The van der Waals surface area contributed by atoms with Gasteiger partial charge in [0.25, 0.3) is 0 Å². The Labute approximate surface area is 126 Å². The van der Waals surface area contributed by atoms with Crippen molar-refractivity contribution in [2.24, 2.45) is 5.73 Å². The quantitative estimate of drug-likeness (QED) is 0.845. The molecular weight excluding hydrogens is 318 g/mol. The van der Waals surface area contributed by atoms with E-state index >= 15 is 0 Å². The van der Waals surface area contributed by atoms with E-state index in [-0.39, 0.29) is 0 Å². The molecule has 5 heteroatoms. The average Bonchev–Trinajstić information content (AvgIpc) is 2.38. The van der Waals surface area contributed by atoms with Gasteiger partial charge in [0.15, 0.2) is 0 Å². The molecule has 0 aliphatic rings. The molecule has 0 saturated heterocycles. The summed E-state index contributed by atoms with van der Waals surface area (Å²) in [7, 11) is 1.98. The number of hydrogen-bond acceptors (Lipinski definition) is 3.